The second-order valence-electron chi connectivity index (χ2n) is 5.35. The zero-order valence-electron chi connectivity index (χ0n) is 9.89. The van der Waals surface area contributed by atoms with E-state index in [9.17, 15) is 14.9 Å². The molecule has 0 spiro atoms. The molecule has 0 radical (unpaired) electrons. The Morgan fingerprint density at radius 1 is 1.65 bits per heavy atom. The summed E-state index contributed by atoms with van der Waals surface area (Å²) in [5.41, 5.74) is 0.737. The lowest BCUT2D eigenvalue weighted by molar-refractivity contribution is -0.506. The number of carboxylic acids is 1. The molecule has 2 saturated carbocycles. The number of rotatable bonds is 4. The highest BCUT2D eigenvalue weighted by molar-refractivity contribution is 5.68. The van der Waals surface area contributed by atoms with Crippen LogP contribution in [0.2, 0.25) is 0 Å². The van der Waals surface area contributed by atoms with E-state index in [2.05, 4.69) is 6.08 Å². The standard InChI is InChI=1S/C12H17NO4/c1-2-8-3-9-5-12(6-11(14)15,7-13(16)17)10(9)4-8/h2,9-10H,3-7H2,1H3,(H,14,15)/b8-2-/t9-,10-,12-/m1/s1. The molecule has 2 aliphatic carbocycles. The van der Waals surface area contributed by atoms with Crippen LogP contribution in [-0.2, 0) is 4.79 Å². The van der Waals surface area contributed by atoms with Crippen LogP contribution in [0.1, 0.15) is 32.6 Å². The van der Waals surface area contributed by atoms with Crippen molar-refractivity contribution in [2.24, 2.45) is 17.3 Å². The zero-order valence-corrected chi connectivity index (χ0v) is 9.89. The maximum absolute atomic E-state index is 10.9. The van der Waals surface area contributed by atoms with Crippen molar-refractivity contribution in [3.05, 3.63) is 21.8 Å². The largest absolute Gasteiger partial charge is 0.481 e. The number of carboxylic acid groups (broad SMARTS) is 1. The molecule has 0 saturated heterocycles. The average molecular weight is 239 g/mol. The van der Waals surface area contributed by atoms with E-state index < -0.39 is 11.4 Å². The Morgan fingerprint density at radius 3 is 2.88 bits per heavy atom. The summed E-state index contributed by atoms with van der Waals surface area (Å²) in [4.78, 5) is 21.3. The predicted molar refractivity (Wildman–Crippen MR) is 61.1 cm³/mol. The molecule has 0 unspecified atom stereocenters. The Balaban J connectivity index is 2.15. The van der Waals surface area contributed by atoms with Crippen LogP contribution in [0.4, 0.5) is 0 Å². The van der Waals surface area contributed by atoms with E-state index in [-0.39, 0.29) is 23.8 Å². The molecule has 1 N–H and O–H groups in total. The average Bonchev–Trinajstić information content (AvgIpc) is 2.54. The van der Waals surface area contributed by atoms with Crippen molar-refractivity contribution in [1.29, 1.82) is 0 Å². The Morgan fingerprint density at radius 2 is 2.35 bits per heavy atom. The molecular weight excluding hydrogens is 222 g/mol. The third-order valence-corrected chi connectivity index (χ3v) is 4.39. The van der Waals surface area contributed by atoms with E-state index in [1.807, 2.05) is 6.92 Å². The topological polar surface area (TPSA) is 80.4 Å². The van der Waals surface area contributed by atoms with Crippen LogP contribution in [0.3, 0.4) is 0 Å². The fourth-order valence-electron chi connectivity index (χ4n) is 3.69. The van der Waals surface area contributed by atoms with Crippen LogP contribution < -0.4 is 0 Å². The van der Waals surface area contributed by atoms with Crippen LogP contribution in [0.15, 0.2) is 11.6 Å². The van der Waals surface area contributed by atoms with Gasteiger partial charge < -0.3 is 5.11 Å². The summed E-state index contributed by atoms with van der Waals surface area (Å²) in [5.74, 6) is -0.241. The van der Waals surface area contributed by atoms with Gasteiger partial charge in [-0.15, -0.1) is 0 Å². The van der Waals surface area contributed by atoms with E-state index >= 15 is 0 Å². The lowest BCUT2D eigenvalue weighted by Crippen LogP contribution is -2.50. The van der Waals surface area contributed by atoms with Gasteiger partial charge in [-0.1, -0.05) is 11.6 Å². The lowest BCUT2D eigenvalue weighted by atomic mass is 9.53. The number of carbonyl (C=O) groups is 1. The smallest absolute Gasteiger partial charge is 0.304 e. The van der Waals surface area contributed by atoms with E-state index in [1.165, 1.54) is 5.57 Å². The highest BCUT2D eigenvalue weighted by atomic mass is 16.6. The molecule has 0 aromatic heterocycles. The van der Waals surface area contributed by atoms with Gasteiger partial charge in [-0.25, -0.2) is 0 Å². The highest BCUT2D eigenvalue weighted by Crippen LogP contribution is 2.62. The fraction of sp³-hybridized carbons (Fsp3) is 0.750. The summed E-state index contributed by atoms with van der Waals surface area (Å²) in [5, 5.41) is 19.7. The Labute approximate surface area is 99.7 Å². The second kappa shape index (κ2) is 4.13. The molecule has 2 fully saturated rings. The molecule has 5 heteroatoms. The Kier molecular flexibility index (Phi) is 2.93. The number of nitro groups is 1. The molecule has 0 heterocycles. The first kappa shape index (κ1) is 12.1. The zero-order chi connectivity index (χ0) is 12.6. The molecule has 0 aliphatic heterocycles. The Hall–Kier alpha value is -1.39. The summed E-state index contributed by atoms with van der Waals surface area (Å²) in [7, 11) is 0. The monoisotopic (exact) mass is 239 g/mol. The molecular formula is C12H17NO4. The van der Waals surface area contributed by atoms with Gasteiger partial charge in [0.2, 0.25) is 6.54 Å². The summed E-state index contributed by atoms with van der Waals surface area (Å²) in [6.07, 6.45) is 4.55. The van der Waals surface area contributed by atoms with Crippen LogP contribution >= 0.6 is 0 Å². The van der Waals surface area contributed by atoms with Gasteiger partial charge in [-0.05, 0) is 38.0 Å². The first-order chi connectivity index (χ1) is 7.97. The van der Waals surface area contributed by atoms with E-state index in [0.29, 0.717) is 12.3 Å². The van der Waals surface area contributed by atoms with Gasteiger partial charge in [0, 0.05) is 10.3 Å². The molecule has 0 aromatic rings. The van der Waals surface area contributed by atoms with Crippen molar-refractivity contribution in [3.8, 4) is 0 Å². The van der Waals surface area contributed by atoms with Gasteiger partial charge in [0.25, 0.3) is 0 Å². The first-order valence-corrected chi connectivity index (χ1v) is 5.94. The second-order valence-corrected chi connectivity index (χ2v) is 5.35. The van der Waals surface area contributed by atoms with Gasteiger partial charge in [0.15, 0.2) is 0 Å². The molecule has 94 valence electrons. The van der Waals surface area contributed by atoms with Gasteiger partial charge in [-0.2, -0.15) is 0 Å². The molecule has 2 aliphatic rings. The minimum absolute atomic E-state index is 0.0634. The van der Waals surface area contributed by atoms with Gasteiger partial charge >= 0.3 is 5.97 Å². The van der Waals surface area contributed by atoms with Gasteiger partial charge in [-0.3, -0.25) is 14.9 Å². The molecule has 3 atom stereocenters. The SMILES string of the molecule is C/C=C1/C[C@@H]2C[C@@](CC(=O)O)(C[N+](=O)[O-])[C@@H]2C1. The molecule has 0 aromatic carbocycles. The number of fused-ring (bicyclic) bond motifs is 1. The number of hydrogen-bond acceptors (Lipinski definition) is 3. The fourth-order valence-corrected chi connectivity index (χ4v) is 3.69. The molecule has 17 heavy (non-hydrogen) atoms. The normalized spacial score (nSPS) is 37.6. The molecule has 5 nitrogen and oxygen atoms in total. The van der Waals surface area contributed by atoms with Gasteiger partial charge in [0.1, 0.15) is 0 Å². The molecule has 2 rings (SSSR count). The number of hydrogen-bond donors (Lipinski definition) is 1. The van der Waals surface area contributed by atoms with Crippen molar-refractivity contribution in [1.82, 2.24) is 0 Å². The number of nitrogens with zero attached hydrogens (tertiary/aromatic N) is 1. The van der Waals surface area contributed by atoms with Crippen molar-refractivity contribution in [2.45, 2.75) is 32.6 Å². The van der Waals surface area contributed by atoms with Crippen LogP contribution in [0.5, 0.6) is 0 Å². The summed E-state index contributed by atoms with van der Waals surface area (Å²) < 4.78 is 0. The Bertz CT molecular complexity index is 372. The van der Waals surface area contributed by atoms with Crippen molar-refractivity contribution in [2.75, 3.05) is 6.54 Å². The molecule has 0 bridgehead atoms. The highest BCUT2D eigenvalue weighted by Gasteiger charge is 2.59. The van der Waals surface area contributed by atoms with E-state index in [4.69, 9.17) is 5.11 Å². The number of aliphatic carboxylic acids is 1. The van der Waals surface area contributed by atoms with E-state index in [0.717, 1.165) is 12.8 Å². The predicted octanol–water partition coefficient (Wildman–Crippen LogP) is 2.10. The van der Waals surface area contributed by atoms with Crippen molar-refractivity contribution >= 4 is 5.97 Å². The van der Waals surface area contributed by atoms with Crippen LogP contribution in [0, 0.1) is 27.4 Å². The third kappa shape index (κ3) is 2.06. The lowest BCUT2D eigenvalue weighted by Gasteiger charge is -2.49. The maximum Gasteiger partial charge on any atom is 0.304 e. The minimum atomic E-state index is -0.917. The summed E-state index contributed by atoms with van der Waals surface area (Å²) in [6.45, 7) is 1.78. The maximum atomic E-state index is 10.9. The summed E-state index contributed by atoms with van der Waals surface area (Å²) in [6, 6.07) is 0. The van der Waals surface area contributed by atoms with Crippen LogP contribution in [-0.4, -0.2) is 22.5 Å². The summed E-state index contributed by atoms with van der Waals surface area (Å²) >= 11 is 0. The van der Waals surface area contributed by atoms with Crippen molar-refractivity contribution in [3.63, 3.8) is 0 Å². The van der Waals surface area contributed by atoms with Crippen molar-refractivity contribution < 1.29 is 14.8 Å². The quantitative estimate of drug-likeness (QED) is 0.463. The minimum Gasteiger partial charge on any atom is -0.481 e. The van der Waals surface area contributed by atoms with E-state index in [1.54, 1.807) is 0 Å². The first-order valence-electron chi connectivity index (χ1n) is 5.94. The van der Waals surface area contributed by atoms with Crippen LogP contribution in [0.25, 0.3) is 0 Å². The number of allylic oxidation sites excluding steroid dienone is 2. The van der Waals surface area contributed by atoms with Gasteiger partial charge in [0.05, 0.1) is 6.42 Å². The molecule has 0 amide bonds. The third-order valence-electron chi connectivity index (χ3n) is 4.39.